The summed E-state index contributed by atoms with van der Waals surface area (Å²) in [6, 6.07) is 3.40. The highest BCUT2D eigenvalue weighted by Gasteiger charge is 2.29. The number of hydrogen-bond donors (Lipinski definition) is 2. The number of carboxylic acid groups (broad SMARTS) is 1. The van der Waals surface area contributed by atoms with Crippen LogP contribution in [0.2, 0.25) is 0 Å². The molecule has 0 spiro atoms. The van der Waals surface area contributed by atoms with Gasteiger partial charge < -0.3 is 14.8 Å². The zero-order chi connectivity index (χ0) is 9.97. The first-order chi connectivity index (χ1) is 6.75. The predicted octanol–water partition coefficient (Wildman–Crippen LogP) is 0.885. The fraction of sp³-hybridized carbons (Fsp3) is 0.500. The zero-order valence-corrected chi connectivity index (χ0v) is 7.77. The summed E-state index contributed by atoms with van der Waals surface area (Å²) in [6.07, 6.45) is 3.16. The molecule has 14 heavy (non-hydrogen) atoms. The SMILES string of the molecule is O=C(O)C1CC(Cc2ccco2)CN1. The molecule has 1 aliphatic rings. The number of furan rings is 1. The van der Waals surface area contributed by atoms with Crippen molar-refractivity contribution in [3.63, 3.8) is 0 Å². The third-order valence-corrected chi connectivity index (χ3v) is 2.59. The first-order valence-electron chi connectivity index (χ1n) is 4.74. The molecule has 2 rings (SSSR count). The minimum absolute atomic E-state index is 0.377. The summed E-state index contributed by atoms with van der Waals surface area (Å²) in [6.45, 7) is 0.762. The average Bonchev–Trinajstić information content (AvgIpc) is 2.75. The monoisotopic (exact) mass is 195 g/mol. The highest BCUT2D eigenvalue weighted by atomic mass is 16.4. The fourth-order valence-electron chi connectivity index (χ4n) is 1.87. The molecule has 0 aliphatic carbocycles. The van der Waals surface area contributed by atoms with Crippen LogP contribution in [-0.4, -0.2) is 23.7 Å². The zero-order valence-electron chi connectivity index (χ0n) is 7.77. The number of hydrogen-bond acceptors (Lipinski definition) is 3. The summed E-state index contributed by atoms with van der Waals surface area (Å²) in [5.74, 6) is 0.553. The third kappa shape index (κ3) is 1.96. The smallest absolute Gasteiger partial charge is 0.320 e. The van der Waals surface area contributed by atoms with E-state index in [9.17, 15) is 4.79 Å². The maximum Gasteiger partial charge on any atom is 0.320 e. The second kappa shape index (κ2) is 3.84. The van der Waals surface area contributed by atoms with E-state index in [0.717, 1.165) is 18.7 Å². The molecule has 0 saturated carbocycles. The Kier molecular flexibility index (Phi) is 2.54. The molecule has 2 heterocycles. The van der Waals surface area contributed by atoms with Crippen molar-refractivity contribution in [1.29, 1.82) is 0 Å². The molecule has 1 aromatic rings. The van der Waals surface area contributed by atoms with E-state index < -0.39 is 5.97 Å². The summed E-state index contributed by atoms with van der Waals surface area (Å²) in [5, 5.41) is 11.7. The van der Waals surface area contributed by atoms with Crippen molar-refractivity contribution in [2.45, 2.75) is 18.9 Å². The van der Waals surface area contributed by atoms with Gasteiger partial charge in [-0.2, -0.15) is 0 Å². The average molecular weight is 195 g/mol. The van der Waals surface area contributed by atoms with Crippen LogP contribution in [0.1, 0.15) is 12.2 Å². The molecule has 2 atom stereocenters. The van der Waals surface area contributed by atoms with Crippen molar-refractivity contribution in [3.05, 3.63) is 24.2 Å². The van der Waals surface area contributed by atoms with Crippen LogP contribution >= 0.6 is 0 Å². The number of aliphatic carboxylic acids is 1. The van der Waals surface area contributed by atoms with Crippen LogP contribution in [-0.2, 0) is 11.2 Å². The van der Waals surface area contributed by atoms with E-state index in [-0.39, 0.29) is 6.04 Å². The second-order valence-corrected chi connectivity index (χ2v) is 3.68. The quantitative estimate of drug-likeness (QED) is 0.751. The Labute approximate surface area is 81.9 Å². The number of rotatable bonds is 3. The van der Waals surface area contributed by atoms with E-state index in [2.05, 4.69) is 5.32 Å². The van der Waals surface area contributed by atoms with Gasteiger partial charge in [0.05, 0.1) is 6.26 Å². The third-order valence-electron chi connectivity index (χ3n) is 2.59. The molecular weight excluding hydrogens is 182 g/mol. The number of carboxylic acids is 1. The summed E-state index contributed by atoms with van der Waals surface area (Å²) in [5.41, 5.74) is 0. The molecule has 0 aromatic carbocycles. The minimum Gasteiger partial charge on any atom is -0.480 e. The molecule has 1 saturated heterocycles. The highest BCUT2D eigenvalue weighted by molar-refractivity contribution is 5.73. The van der Waals surface area contributed by atoms with Gasteiger partial charge in [0.1, 0.15) is 11.8 Å². The van der Waals surface area contributed by atoms with Crippen LogP contribution in [0.15, 0.2) is 22.8 Å². The second-order valence-electron chi connectivity index (χ2n) is 3.68. The Hall–Kier alpha value is -1.29. The van der Waals surface area contributed by atoms with Gasteiger partial charge in [-0.1, -0.05) is 0 Å². The van der Waals surface area contributed by atoms with E-state index in [0.29, 0.717) is 12.3 Å². The Morgan fingerprint density at radius 3 is 3.14 bits per heavy atom. The van der Waals surface area contributed by atoms with Crippen LogP contribution in [0.25, 0.3) is 0 Å². The Morgan fingerprint density at radius 2 is 2.57 bits per heavy atom. The summed E-state index contributed by atoms with van der Waals surface area (Å²) in [7, 11) is 0. The predicted molar refractivity (Wildman–Crippen MR) is 49.9 cm³/mol. The lowest BCUT2D eigenvalue weighted by atomic mass is 10.0. The van der Waals surface area contributed by atoms with Crippen LogP contribution in [0, 0.1) is 5.92 Å². The molecule has 4 nitrogen and oxygen atoms in total. The molecule has 4 heteroatoms. The van der Waals surface area contributed by atoms with E-state index in [4.69, 9.17) is 9.52 Å². The van der Waals surface area contributed by atoms with Crippen LogP contribution in [0.3, 0.4) is 0 Å². The van der Waals surface area contributed by atoms with Gasteiger partial charge in [0.25, 0.3) is 0 Å². The lowest BCUT2D eigenvalue weighted by Gasteiger charge is -2.04. The van der Waals surface area contributed by atoms with E-state index >= 15 is 0 Å². The normalized spacial score (nSPS) is 26.6. The van der Waals surface area contributed by atoms with Crippen LogP contribution < -0.4 is 5.32 Å². The molecule has 1 aliphatic heterocycles. The summed E-state index contributed by atoms with van der Waals surface area (Å²) >= 11 is 0. The lowest BCUT2D eigenvalue weighted by Crippen LogP contribution is -2.29. The van der Waals surface area contributed by atoms with Gasteiger partial charge in [-0.15, -0.1) is 0 Å². The molecule has 2 N–H and O–H groups in total. The molecule has 1 fully saturated rings. The maximum atomic E-state index is 10.7. The molecule has 0 radical (unpaired) electrons. The van der Waals surface area contributed by atoms with Gasteiger partial charge in [0.2, 0.25) is 0 Å². The molecular formula is C10H13NO3. The van der Waals surface area contributed by atoms with Crippen molar-refractivity contribution in [2.24, 2.45) is 5.92 Å². The van der Waals surface area contributed by atoms with Gasteiger partial charge >= 0.3 is 5.97 Å². The molecule has 0 bridgehead atoms. The van der Waals surface area contributed by atoms with Crippen molar-refractivity contribution >= 4 is 5.97 Å². The van der Waals surface area contributed by atoms with Crippen LogP contribution in [0.4, 0.5) is 0 Å². The maximum absolute atomic E-state index is 10.7. The summed E-state index contributed by atoms with van der Waals surface area (Å²) < 4.78 is 5.22. The van der Waals surface area contributed by atoms with Crippen molar-refractivity contribution in [1.82, 2.24) is 5.32 Å². The lowest BCUT2D eigenvalue weighted by molar-refractivity contribution is -0.139. The fourth-order valence-corrected chi connectivity index (χ4v) is 1.87. The first-order valence-corrected chi connectivity index (χ1v) is 4.74. The van der Waals surface area contributed by atoms with Crippen molar-refractivity contribution < 1.29 is 14.3 Å². The molecule has 2 unspecified atom stereocenters. The van der Waals surface area contributed by atoms with Crippen molar-refractivity contribution in [2.75, 3.05) is 6.54 Å². The van der Waals surface area contributed by atoms with Gasteiger partial charge in [-0.05, 0) is 31.0 Å². The van der Waals surface area contributed by atoms with E-state index in [1.54, 1.807) is 6.26 Å². The summed E-state index contributed by atoms with van der Waals surface area (Å²) in [4.78, 5) is 10.7. The Balaban J connectivity index is 1.87. The Bertz CT molecular complexity index is 307. The van der Waals surface area contributed by atoms with Gasteiger partial charge in [-0.3, -0.25) is 4.79 Å². The largest absolute Gasteiger partial charge is 0.480 e. The first kappa shape index (κ1) is 9.27. The van der Waals surface area contributed by atoms with E-state index in [1.165, 1.54) is 0 Å². The Morgan fingerprint density at radius 1 is 1.71 bits per heavy atom. The number of carbonyl (C=O) groups is 1. The minimum atomic E-state index is -0.757. The van der Waals surface area contributed by atoms with E-state index in [1.807, 2.05) is 12.1 Å². The highest BCUT2D eigenvalue weighted by Crippen LogP contribution is 2.19. The van der Waals surface area contributed by atoms with Gasteiger partial charge in [0, 0.05) is 6.42 Å². The van der Waals surface area contributed by atoms with Crippen LogP contribution in [0.5, 0.6) is 0 Å². The molecule has 0 amide bonds. The molecule has 76 valence electrons. The van der Waals surface area contributed by atoms with Gasteiger partial charge in [0.15, 0.2) is 0 Å². The topological polar surface area (TPSA) is 62.5 Å². The number of nitrogens with one attached hydrogen (secondary N) is 1. The van der Waals surface area contributed by atoms with Gasteiger partial charge in [-0.25, -0.2) is 0 Å². The standard InChI is InChI=1S/C10H13NO3/c12-10(13)9-5-7(6-11-9)4-8-2-1-3-14-8/h1-3,7,9,11H,4-6H2,(H,12,13). The molecule has 1 aromatic heterocycles. The van der Waals surface area contributed by atoms with Crippen molar-refractivity contribution in [3.8, 4) is 0 Å².